The van der Waals surface area contributed by atoms with Crippen molar-refractivity contribution in [2.75, 3.05) is 17.7 Å². The van der Waals surface area contributed by atoms with Gasteiger partial charge in [-0.15, -0.1) is 0 Å². The minimum atomic E-state index is -1.06. The number of carbonyl (C=O) groups excluding carboxylic acids is 1. The predicted molar refractivity (Wildman–Crippen MR) is 73.1 cm³/mol. The molecule has 0 aliphatic heterocycles. The maximum atomic E-state index is 13.9. The Balaban J connectivity index is 2.35. The number of nitrogens with one attached hydrogen (secondary N) is 2. The van der Waals surface area contributed by atoms with Gasteiger partial charge in [-0.25, -0.2) is 18.2 Å². The van der Waals surface area contributed by atoms with Gasteiger partial charge in [0.25, 0.3) is 5.91 Å². The summed E-state index contributed by atoms with van der Waals surface area (Å²) in [5.74, 6) is -3.90. The maximum absolute atomic E-state index is 13.9. The largest absolute Gasteiger partial charge is 0.371 e. The van der Waals surface area contributed by atoms with E-state index in [2.05, 4.69) is 15.6 Å². The van der Waals surface area contributed by atoms with Gasteiger partial charge in [0.15, 0.2) is 17.5 Å². The van der Waals surface area contributed by atoms with E-state index < -0.39 is 29.0 Å². The highest BCUT2D eigenvalue weighted by Gasteiger charge is 2.19. The highest BCUT2D eigenvalue weighted by molar-refractivity contribution is 6.34. The number of hydrogen-bond donors (Lipinski definition) is 2. The van der Waals surface area contributed by atoms with Crippen LogP contribution in [0.1, 0.15) is 10.4 Å². The van der Waals surface area contributed by atoms with Gasteiger partial charge in [-0.3, -0.25) is 4.79 Å². The molecule has 8 heteroatoms. The lowest BCUT2D eigenvalue weighted by molar-refractivity contribution is 0.102. The fourth-order valence-corrected chi connectivity index (χ4v) is 1.88. The lowest BCUT2D eigenvalue weighted by Gasteiger charge is -2.10. The molecule has 0 saturated carbocycles. The van der Waals surface area contributed by atoms with Crippen molar-refractivity contribution in [1.29, 1.82) is 0 Å². The van der Waals surface area contributed by atoms with Crippen molar-refractivity contribution in [3.05, 3.63) is 52.4 Å². The summed E-state index contributed by atoms with van der Waals surface area (Å²) in [6, 6.07) is 2.52. The molecule has 1 aromatic carbocycles. The molecule has 0 spiro atoms. The van der Waals surface area contributed by atoms with Crippen molar-refractivity contribution in [3.8, 4) is 0 Å². The summed E-state index contributed by atoms with van der Waals surface area (Å²) in [7, 11) is 1.43. The molecule has 21 heavy (non-hydrogen) atoms. The highest BCUT2D eigenvalue weighted by atomic mass is 35.5. The van der Waals surface area contributed by atoms with Crippen LogP contribution < -0.4 is 10.6 Å². The van der Waals surface area contributed by atoms with E-state index in [4.69, 9.17) is 11.6 Å². The zero-order valence-electron chi connectivity index (χ0n) is 10.7. The molecule has 110 valence electrons. The average Bonchev–Trinajstić information content (AvgIpc) is 2.42. The fourth-order valence-electron chi connectivity index (χ4n) is 1.64. The molecule has 1 aromatic heterocycles. The van der Waals surface area contributed by atoms with Gasteiger partial charge >= 0.3 is 0 Å². The number of aromatic nitrogens is 1. The van der Waals surface area contributed by atoms with Crippen molar-refractivity contribution in [1.82, 2.24) is 4.98 Å². The second kappa shape index (κ2) is 6.01. The Kier molecular flexibility index (Phi) is 4.32. The molecule has 4 nitrogen and oxygen atoms in total. The summed E-state index contributed by atoms with van der Waals surface area (Å²) in [4.78, 5) is 15.6. The summed E-state index contributed by atoms with van der Waals surface area (Å²) >= 11 is 5.65. The van der Waals surface area contributed by atoms with Crippen LogP contribution in [0.25, 0.3) is 0 Å². The van der Waals surface area contributed by atoms with E-state index in [9.17, 15) is 18.0 Å². The number of rotatable bonds is 3. The molecule has 0 aliphatic carbocycles. The Morgan fingerprint density at radius 3 is 2.62 bits per heavy atom. The molecule has 0 unspecified atom stereocenters. The number of hydrogen-bond acceptors (Lipinski definition) is 3. The fraction of sp³-hybridized carbons (Fsp3) is 0.0769. The lowest BCUT2D eigenvalue weighted by Crippen LogP contribution is -2.16. The zero-order chi connectivity index (χ0) is 15.6. The normalized spacial score (nSPS) is 10.3. The third-order valence-electron chi connectivity index (χ3n) is 2.62. The van der Waals surface area contributed by atoms with Crippen molar-refractivity contribution >= 4 is 29.0 Å². The first-order valence-electron chi connectivity index (χ1n) is 5.72. The first-order valence-corrected chi connectivity index (χ1v) is 6.10. The summed E-state index contributed by atoms with van der Waals surface area (Å²) in [6.07, 6.45) is 1.21. The Hall–Kier alpha value is -2.28. The van der Waals surface area contributed by atoms with Crippen molar-refractivity contribution in [2.24, 2.45) is 0 Å². The lowest BCUT2D eigenvalue weighted by atomic mass is 10.2. The van der Waals surface area contributed by atoms with Crippen molar-refractivity contribution in [3.63, 3.8) is 0 Å². The summed E-state index contributed by atoms with van der Waals surface area (Å²) < 4.78 is 40.4. The third-order valence-corrected chi connectivity index (χ3v) is 2.91. The van der Waals surface area contributed by atoms with Gasteiger partial charge in [0, 0.05) is 19.3 Å². The zero-order valence-corrected chi connectivity index (χ0v) is 11.4. The molecule has 0 fully saturated rings. The summed E-state index contributed by atoms with van der Waals surface area (Å²) in [5, 5.41) is 4.25. The number of halogens is 4. The third kappa shape index (κ3) is 3.08. The van der Waals surface area contributed by atoms with Crippen molar-refractivity contribution in [2.45, 2.75) is 0 Å². The van der Waals surface area contributed by atoms with E-state index in [1.807, 2.05) is 0 Å². The van der Waals surface area contributed by atoms with Gasteiger partial charge in [-0.1, -0.05) is 11.6 Å². The monoisotopic (exact) mass is 315 g/mol. The minimum absolute atomic E-state index is 0.131. The molecule has 2 aromatic rings. The van der Waals surface area contributed by atoms with E-state index in [1.165, 1.54) is 13.2 Å². The van der Waals surface area contributed by atoms with Crippen LogP contribution in [-0.2, 0) is 0 Å². The van der Waals surface area contributed by atoms with Crippen LogP contribution >= 0.6 is 11.6 Å². The molecule has 0 atom stereocenters. The maximum Gasteiger partial charge on any atom is 0.258 e. The number of carbonyl (C=O) groups is 1. The molecule has 1 heterocycles. The van der Waals surface area contributed by atoms with E-state index in [1.54, 1.807) is 0 Å². The predicted octanol–water partition coefficient (Wildman–Crippen LogP) is 3.45. The Labute approximate surface area is 122 Å². The quantitative estimate of drug-likeness (QED) is 0.912. The van der Waals surface area contributed by atoms with Gasteiger partial charge in [0.05, 0.1) is 16.3 Å². The van der Waals surface area contributed by atoms with Crippen LogP contribution in [0.15, 0.2) is 24.4 Å². The van der Waals surface area contributed by atoms with E-state index >= 15 is 0 Å². The smallest absolute Gasteiger partial charge is 0.258 e. The number of amides is 1. The molecule has 2 N–H and O–H groups in total. The SMILES string of the molecule is CNc1nccc(C(=O)Nc2c(F)cc(F)cc2Cl)c1F. The molecule has 0 bridgehead atoms. The second-order valence-corrected chi connectivity index (χ2v) is 4.38. The van der Waals surface area contributed by atoms with Crippen molar-refractivity contribution < 1.29 is 18.0 Å². The van der Waals surface area contributed by atoms with E-state index in [0.717, 1.165) is 12.1 Å². The molecule has 0 aliphatic rings. The van der Waals surface area contributed by atoms with Gasteiger partial charge in [0.2, 0.25) is 0 Å². The molecule has 2 rings (SSSR count). The van der Waals surface area contributed by atoms with E-state index in [0.29, 0.717) is 6.07 Å². The van der Waals surface area contributed by atoms with E-state index in [-0.39, 0.29) is 16.4 Å². The van der Waals surface area contributed by atoms with Gasteiger partial charge in [0.1, 0.15) is 5.82 Å². The Morgan fingerprint density at radius 2 is 2.00 bits per heavy atom. The van der Waals surface area contributed by atoms with Gasteiger partial charge in [-0.2, -0.15) is 0 Å². The summed E-state index contributed by atoms with van der Waals surface area (Å²) in [6.45, 7) is 0. The number of benzene rings is 1. The summed E-state index contributed by atoms with van der Waals surface area (Å²) in [5.41, 5.74) is -0.778. The van der Waals surface area contributed by atoms with Crippen LogP contribution in [0.2, 0.25) is 5.02 Å². The number of nitrogens with zero attached hydrogens (tertiary/aromatic N) is 1. The van der Waals surface area contributed by atoms with Crippen LogP contribution in [0, 0.1) is 17.5 Å². The van der Waals surface area contributed by atoms with Crippen LogP contribution in [0.5, 0.6) is 0 Å². The molecule has 1 amide bonds. The standard InChI is InChI=1S/C13H9ClF3N3O/c1-18-12-10(17)7(2-3-19-12)13(21)20-11-8(14)4-6(15)5-9(11)16/h2-5H,1H3,(H,18,19)(H,20,21). The molecule has 0 radical (unpaired) electrons. The Bertz CT molecular complexity index is 686. The minimum Gasteiger partial charge on any atom is -0.371 e. The number of pyridine rings is 1. The number of anilines is 2. The molecule has 0 saturated heterocycles. The first kappa shape index (κ1) is 15.1. The second-order valence-electron chi connectivity index (χ2n) is 3.97. The van der Waals surface area contributed by atoms with Gasteiger partial charge in [-0.05, 0) is 12.1 Å². The molecular weight excluding hydrogens is 307 g/mol. The van der Waals surface area contributed by atoms with Crippen LogP contribution in [0.3, 0.4) is 0 Å². The molecular formula is C13H9ClF3N3O. The highest BCUT2D eigenvalue weighted by Crippen LogP contribution is 2.27. The van der Waals surface area contributed by atoms with Crippen LogP contribution in [0.4, 0.5) is 24.7 Å². The average molecular weight is 316 g/mol. The topological polar surface area (TPSA) is 54.0 Å². The first-order chi connectivity index (χ1) is 9.93. The van der Waals surface area contributed by atoms with Crippen LogP contribution in [-0.4, -0.2) is 17.9 Å². The van der Waals surface area contributed by atoms with Gasteiger partial charge < -0.3 is 10.6 Å². The Morgan fingerprint density at radius 1 is 1.29 bits per heavy atom.